The van der Waals surface area contributed by atoms with Crippen LogP contribution in [0, 0.1) is 0 Å². The standard InChI is InChI=1S/C18H23NO3/c1-3-4-5-12-19-13-16-10-11-17(22-16)14-6-8-15(9-7-14)18(20)21-2/h6-11,19H,3-5,12-13H2,1-2H3/p+1. The van der Waals surface area contributed by atoms with Gasteiger partial charge in [0.2, 0.25) is 0 Å². The third kappa shape index (κ3) is 4.46. The van der Waals surface area contributed by atoms with E-state index in [1.165, 1.54) is 26.4 Å². The predicted octanol–water partition coefficient (Wildman–Crippen LogP) is 2.99. The Labute approximate surface area is 131 Å². The smallest absolute Gasteiger partial charge is 0.337 e. The maximum absolute atomic E-state index is 11.4. The minimum Gasteiger partial charge on any atom is -0.465 e. The molecule has 2 aromatic rings. The Hall–Kier alpha value is -2.07. The molecule has 0 atom stereocenters. The zero-order valence-corrected chi connectivity index (χ0v) is 13.3. The summed E-state index contributed by atoms with van der Waals surface area (Å²) in [4.78, 5) is 11.4. The molecule has 0 saturated heterocycles. The molecule has 0 spiro atoms. The highest BCUT2D eigenvalue weighted by Crippen LogP contribution is 2.22. The van der Waals surface area contributed by atoms with Crippen LogP contribution in [0.15, 0.2) is 40.8 Å². The largest absolute Gasteiger partial charge is 0.465 e. The Balaban J connectivity index is 1.92. The number of furan rings is 1. The second kappa shape index (κ2) is 8.39. The van der Waals surface area contributed by atoms with Gasteiger partial charge in [0.25, 0.3) is 0 Å². The zero-order valence-electron chi connectivity index (χ0n) is 13.3. The molecule has 2 N–H and O–H groups in total. The van der Waals surface area contributed by atoms with Crippen molar-refractivity contribution in [2.45, 2.75) is 32.7 Å². The molecule has 1 heterocycles. The number of nitrogens with two attached hydrogens (primary N) is 1. The van der Waals surface area contributed by atoms with Gasteiger partial charge in [0, 0.05) is 5.56 Å². The van der Waals surface area contributed by atoms with Crippen LogP contribution in [0.3, 0.4) is 0 Å². The summed E-state index contributed by atoms with van der Waals surface area (Å²) in [6.45, 7) is 4.21. The van der Waals surface area contributed by atoms with Gasteiger partial charge in [-0.15, -0.1) is 0 Å². The Morgan fingerprint density at radius 2 is 1.91 bits per heavy atom. The molecule has 0 aliphatic rings. The maximum Gasteiger partial charge on any atom is 0.337 e. The number of carbonyl (C=O) groups is 1. The molecule has 22 heavy (non-hydrogen) atoms. The van der Waals surface area contributed by atoms with Crippen molar-refractivity contribution < 1.29 is 19.3 Å². The van der Waals surface area contributed by atoms with E-state index in [4.69, 9.17) is 9.15 Å². The number of quaternary nitrogens is 1. The lowest BCUT2D eigenvalue weighted by Crippen LogP contribution is -2.82. The van der Waals surface area contributed by atoms with Gasteiger partial charge in [-0.2, -0.15) is 0 Å². The number of carbonyl (C=O) groups excluding carboxylic acids is 1. The second-order valence-electron chi connectivity index (χ2n) is 5.32. The lowest BCUT2D eigenvalue weighted by Gasteiger charge is -2.01. The maximum atomic E-state index is 11.4. The molecule has 0 unspecified atom stereocenters. The average Bonchev–Trinajstić information content (AvgIpc) is 3.03. The fraction of sp³-hybridized carbons (Fsp3) is 0.389. The third-order valence-corrected chi connectivity index (χ3v) is 3.61. The van der Waals surface area contributed by atoms with Gasteiger partial charge in [0.15, 0.2) is 5.76 Å². The fourth-order valence-corrected chi connectivity index (χ4v) is 2.31. The number of esters is 1. The molecular formula is C18H24NO3+. The number of hydrogen-bond donors (Lipinski definition) is 1. The highest BCUT2D eigenvalue weighted by Gasteiger charge is 2.08. The summed E-state index contributed by atoms with van der Waals surface area (Å²) >= 11 is 0. The number of hydrogen-bond acceptors (Lipinski definition) is 3. The second-order valence-corrected chi connectivity index (χ2v) is 5.32. The van der Waals surface area contributed by atoms with E-state index in [-0.39, 0.29) is 5.97 Å². The van der Waals surface area contributed by atoms with Crippen LogP contribution < -0.4 is 5.32 Å². The monoisotopic (exact) mass is 302 g/mol. The molecule has 4 heteroatoms. The van der Waals surface area contributed by atoms with E-state index < -0.39 is 0 Å². The van der Waals surface area contributed by atoms with Crippen LogP contribution in [0.4, 0.5) is 0 Å². The van der Waals surface area contributed by atoms with Gasteiger partial charge in [0.05, 0.1) is 19.2 Å². The molecule has 1 aromatic heterocycles. The molecule has 0 radical (unpaired) electrons. The summed E-state index contributed by atoms with van der Waals surface area (Å²) in [7, 11) is 1.38. The number of methoxy groups -OCH3 is 1. The molecule has 0 fully saturated rings. The van der Waals surface area contributed by atoms with E-state index in [1.54, 1.807) is 12.1 Å². The SMILES string of the molecule is CCCCC[NH2+]Cc1ccc(-c2ccc(C(=O)OC)cc2)o1. The topological polar surface area (TPSA) is 56.0 Å². The molecule has 4 nitrogen and oxygen atoms in total. The van der Waals surface area contributed by atoms with Crippen molar-refractivity contribution in [2.24, 2.45) is 0 Å². The fourth-order valence-electron chi connectivity index (χ4n) is 2.31. The van der Waals surface area contributed by atoms with Crippen molar-refractivity contribution in [3.8, 4) is 11.3 Å². The quantitative estimate of drug-likeness (QED) is 0.602. The molecule has 1 aromatic carbocycles. The first-order chi connectivity index (χ1) is 10.7. The van der Waals surface area contributed by atoms with Crippen LogP contribution in [0.25, 0.3) is 11.3 Å². The summed E-state index contributed by atoms with van der Waals surface area (Å²) in [5, 5.41) is 2.28. The Kier molecular flexibility index (Phi) is 6.22. The number of unbranched alkanes of at least 4 members (excludes halogenated alkanes) is 2. The van der Waals surface area contributed by atoms with E-state index >= 15 is 0 Å². The highest BCUT2D eigenvalue weighted by molar-refractivity contribution is 5.89. The Bertz CT molecular complexity index is 587. The van der Waals surface area contributed by atoms with Crippen LogP contribution >= 0.6 is 0 Å². The zero-order chi connectivity index (χ0) is 15.8. The molecule has 0 bridgehead atoms. The first-order valence-corrected chi connectivity index (χ1v) is 7.83. The minimum atomic E-state index is -0.326. The summed E-state index contributed by atoms with van der Waals surface area (Å²) in [6.07, 6.45) is 3.78. The Morgan fingerprint density at radius 1 is 1.14 bits per heavy atom. The van der Waals surface area contributed by atoms with Crippen LogP contribution in [0.5, 0.6) is 0 Å². The Morgan fingerprint density at radius 3 is 2.59 bits per heavy atom. The van der Waals surface area contributed by atoms with Crippen molar-refractivity contribution >= 4 is 5.97 Å². The summed E-state index contributed by atoms with van der Waals surface area (Å²) < 4.78 is 10.5. The molecule has 2 rings (SSSR count). The normalized spacial score (nSPS) is 10.6. The molecule has 0 aliphatic heterocycles. The van der Waals surface area contributed by atoms with Crippen LogP contribution in [-0.2, 0) is 11.3 Å². The van der Waals surface area contributed by atoms with E-state index in [9.17, 15) is 4.79 Å². The van der Waals surface area contributed by atoms with Crippen molar-refractivity contribution in [3.05, 3.63) is 47.7 Å². The van der Waals surface area contributed by atoms with Crippen LogP contribution in [0.2, 0.25) is 0 Å². The van der Waals surface area contributed by atoms with Crippen molar-refractivity contribution in [3.63, 3.8) is 0 Å². The van der Waals surface area contributed by atoms with Gasteiger partial charge in [-0.1, -0.05) is 25.5 Å². The van der Waals surface area contributed by atoms with E-state index in [1.807, 2.05) is 24.3 Å². The lowest BCUT2D eigenvalue weighted by atomic mass is 10.1. The summed E-state index contributed by atoms with van der Waals surface area (Å²) in [5.41, 5.74) is 1.51. The molecule has 0 saturated carbocycles. The predicted molar refractivity (Wildman–Crippen MR) is 85.5 cm³/mol. The molecule has 0 amide bonds. The molecule has 118 valence electrons. The minimum absolute atomic E-state index is 0.326. The van der Waals surface area contributed by atoms with E-state index in [0.29, 0.717) is 5.56 Å². The summed E-state index contributed by atoms with van der Waals surface area (Å²) in [6, 6.07) is 11.2. The molecule has 0 aliphatic carbocycles. The van der Waals surface area contributed by atoms with E-state index in [2.05, 4.69) is 12.2 Å². The highest BCUT2D eigenvalue weighted by atomic mass is 16.5. The number of ether oxygens (including phenoxy) is 1. The number of benzene rings is 1. The van der Waals surface area contributed by atoms with Gasteiger partial charge in [-0.05, 0) is 37.1 Å². The first kappa shape index (κ1) is 16.3. The van der Waals surface area contributed by atoms with Gasteiger partial charge < -0.3 is 14.5 Å². The van der Waals surface area contributed by atoms with Crippen LogP contribution in [-0.4, -0.2) is 19.6 Å². The van der Waals surface area contributed by atoms with Gasteiger partial charge in [-0.3, -0.25) is 0 Å². The third-order valence-electron chi connectivity index (χ3n) is 3.61. The van der Waals surface area contributed by atoms with Gasteiger partial charge in [-0.25, -0.2) is 4.79 Å². The average molecular weight is 302 g/mol. The molecular weight excluding hydrogens is 278 g/mol. The van der Waals surface area contributed by atoms with E-state index in [0.717, 1.165) is 30.2 Å². The van der Waals surface area contributed by atoms with Gasteiger partial charge >= 0.3 is 5.97 Å². The van der Waals surface area contributed by atoms with Crippen molar-refractivity contribution in [1.82, 2.24) is 0 Å². The number of rotatable bonds is 8. The lowest BCUT2D eigenvalue weighted by molar-refractivity contribution is -0.672. The van der Waals surface area contributed by atoms with Crippen LogP contribution in [0.1, 0.15) is 42.3 Å². The summed E-state index contributed by atoms with van der Waals surface area (Å²) in [5.74, 6) is 1.48. The van der Waals surface area contributed by atoms with Gasteiger partial charge in [0.1, 0.15) is 12.3 Å². The van der Waals surface area contributed by atoms with Crippen molar-refractivity contribution in [2.75, 3.05) is 13.7 Å². The van der Waals surface area contributed by atoms with Crippen molar-refractivity contribution in [1.29, 1.82) is 0 Å². The first-order valence-electron chi connectivity index (χ1n) is 7.83.